The standard InChI is InChI=1S/C96H132N15O12P3/c1-85(2)49-73(50-86(3,4)106(85)112)97-61-67-25-37-79(38-26-67)118-124(119-80-39-27-68(28-40-80)62-98-74-51-87(5,6)107(113)88(7,8)52-74)103-125(120-81-41-29-69(30-42-81)63-99-75-53-89(9,10)108(114)90(11,12)54-75,121-82-43-31-70(32-44-82)64-100-76-55-91(13,14)109(115)92(15,16)56-76)105-126(104-124,122-83-45-33-71(34-46-83)65-101-77-57-93(17,18)110(116)94(19,20)58-77)123-84-47-35-72(36-48-84)66-102-78-59-95(21,22)111(117)96(23,24)60-78/h25-48,61-66,73-78H,49-60H2,1-24H3. The van der Waals surface area contributed by atoms with E-state index in [1.807, 2.05) is 276 Å². The second-order valence-corrected chi connectivity index (χ2v) is 49.4. The number of benzene rings is 6. The summed E-state index contributed by atoms with van der Waals surface area (Å²) in [7, 11) is -13.8. The molecule has 0 spiro atoms. The molecule has 7 heterocycles. The van der Waals surface area contributed by atoms with Crippen molar-refractivity contribution in [2.24, 2.45) is 43.5 Å². The summed E-state index contributed by atoms with van der Waals surface area (Å²) < 4.78 is 62.3. The van der Waals surface area contributed by atoms with Gasteiger partial charge in [-0.05, 0) is 422 Å². The summed E-state index contributed by atoms with van der Waals surface area (Å²) in [4.78, 5) is 30.6. The second-order valence-electron chi connectivity index (χ2n) is 43.3. The monoisotopic (exact) mass is 1780 g/mol. The van der Waals surface area contributed by atoms with Gasteiger partial charge in [0, 0.05) is 104 Å². The Kier molecular flexibility index (Phi) is 27.1. The number of hydrogen-bond acceptors (Lipinski definition) is 21. The van der Waals surface area contributed by atoms with E-state index in [4.69, 9.17) is 70.6 Å². The molecule has 6 aromatic rings. The van der Waals surface area contributed by atoms with Crippen molar-refractivity contribution in [1.29, 1.82) is 0 Å². The van der Waals surface area contributed by atoms with Gasteiger partial charge in [0.05, 0.1) is 36.3 Å². The minimum Gasteiger partial charge on any atom is -0.413 e. The predicted octanol–water partition coefficient (Wildman–Crippen LogP) is 23.0. The molecule has 27 nitrogen and oxygen atoms in total. The van der Waals surface area contributed by atoms with E-state index in [0.29, 0.717) is 77.0 Å². The van der Waals surface area contributed by atoms with Crippen molar-refractivity contribution in [1.82, 2.24) is 30.4 Å². The van der Waals surface area contributed by atoms with Crippen molar-refractivity contribution in [2.75, 3.05) is 0 Å². The zero-order valence-electron chi connectivity index (χ0n) is 78.2. The predicted molar refractivity (Wildman–Crippen MR) is 498 cm³/mol. The minimum absolute atomic E-state index is 0.139. The van der Waals surface area contributed by atoms with Crippen LogP contribution in [0.15, 0.2) is 189 Å². The maximum atomic E-state index is 13.5. The highest BCUT2D eigenvalue weighted by Gasteiger charge is 2.54. The molecule has 7 aliphatic heterocycles. The van der Waals surface area contributed by atoms with Crippen LogP contribution in [0.3, 0.4) is 0 Å². The molecule has 6 saturated heterocycles. The van der Waals surface area contributed by atoms with Gasteiger partial charge in [0.1, 0.15) is 34.5 Å². The number of hydroxylamine groups is 12. The second kappa shape index (κ2) is 35.6. The Labute approximate surface area is 747 Å². The summed E-state index contributed by atoms with van der Waals surface area (Å²) in [5.41, 5.74) is -3.28. The molecular weight excluding hydrogens is 1650 g/mol. The van der Waals surface area contributed by atoms with Crippen LogP contribution in [-0.4, -0.2) is 170 Å². The van der Waals surface area contributed by atoms with E-state index < -0.39 is 89.4 Å². The first-order valence-corrected chi connectivity index (χ1v) is 48.8. The smallest absolute Gasteiger partial charge is 0.413 e. The van der Waals surface area contributed by atoms with Crippen molar-refractivity contribution >= 4 is 60.3 Å². The van der Waals surface area contributed by atoms with Crippen LogP contribution in [-0.2, 0) is 31.2 Å². The maximum Gasteiger partial charge on any atom is 0.460 e. The van der Waals surface area contributed by atoms with Crippen LogP contribution in [0.4, 0.5) is 0 Å². The average molecular weight is 1780 g/mol. The Morgan fingerprint density at radius 2 is 0.317 bits per heavy atom. The molecular formula is C96H132N15O12P3. The van der Waals surface area contributed by atoms with Crippen molar-refractivity contribution in [3.8, 4) is 34.5 Å². The average Bonchev–Trinajstić information content (AvgIpc) is 0.676. The molecule has 126 heavy (non-hydrogen) atoms. The molecule has 30 heteroatoms. The third-order valence-corrected chi connectivity index (χ3v) is 33.4. The summed E-state index contributed by atoms with van der Waals surface area (Å²) in [5, 5.41) is 88.3. The summed E-state index contributed by atoms with van der Waals surface area (Å²) >= 11 is 0. The highest BCUT2D eigenvalue weighted by Crippen LogP contribution is 2.79. The molecule has 0 atom stereocenters. The summed E-state index contributed by atoms with van der Waals surface area (Å²) in [6, 6.07) is 43.2. The van der Waals surface area contributed by atoms with Gasteiger partial charge in [0.2, 0.25) is 0 Å². The van der Waals surface area contributed by atoms with E-state index in [0.717, 1.165) is 33.4 Å². The molecule has 6 fully saturated rings. The molecule has 0 bridgehead atoms. The Hall–Kier alpha value is -7.65. The Morgan fingerprint density at radius 1 is 0.214 bits per heavy atom. The lowest BCUT2D eigenvalue weighted by Gasteiger charge is -2.48. The lowest BCUT2D eigenvalue weighted by Crippen LogP contribution is -2.59. The van der Waals surface area contributed by atoms with Crippen LogP contribution in [0, 0.1) is 0 Å². The van der Waals surface area contributed by atoms with E-state index in [9.17, 15) is 31.2 Å². The molecule has 0 amide bonds. The summed E-state index contributed by atoms with van der Waals surface area (Å²) in [5.74, 6) is 1.54. The lowest BCUT2D eigenvalue weighted by molar-refractivity contribution is -0.288. The Bertz CT molecular complexity index is 4280. The maximum absolute atomic E-state index is 13.5. The SMILES string of the molecule is CC1(C)CC(N=Cc2ccc(OP3(Oc4ccc(C=NC5CC(C)(C)N([O])C(C)(C)C5)cc4)=NP(Oc4ccc(C=NC5CC(C)(C)N([O])C(C)(C)C5)cc4)(Oc4ccc(C=NC5CC(C)(C)N([O])C(C)(C)C5)cc4)=NP(Oc4ccc(C=NC5CC(C)(C)N([O])C(C)(C)C5)cc4)(Oc4ccc(C=NC5CC(C)(C)N([O])C(C)(C)C5)cc4)=N3)cc2)CC(C)(C)N1[O]. The molecule has 678 valence electrons. The quantitative estimate of drug-likeness (QED) is 0.0403. The van der Waals surface area contributed by atoms with Crippen molar-refractivity contribution in [3.05, 3.63) is 179 Å². The Morgan fingerprint density at radius 3 is 0.421 bits per heavy atom. The first-order valence-electron chi connectivity index (χ1n) is 44.2. The van der Waals surface area contributed by atoms with Crippen molar-refractivity contribution in [2.45, 2.75) is 346 Å². The third kappa shape index (κ3) is 22.5. The highest BCUT2D eigenvalue weighted by molar-refractivity contribution is 7.79. The fourth-order valence-electron chi connectivity index (χ4n) is 20.3. The molecule has 6 radical (unpaired) electrons. The fraction of sp³-hybridized carbons (Fsp3) is 0.562. The zero-order valence-corrected chi connectivity index (χ0v) is 80.9. The molecule has 0 aliphatic carbocycles. The minimum atomic E-state index is -4.62. The zero-order chi connectivity index (χ0) is 91.7. The van der Waals surface area contributed by atoms with Gasteiger partial charge in [-0.2, -0.15) is 0 Å². The van der Waals surface area contributed by atoms with Gasteiger partial charge in [-0.1, -0.05) is 13.5 Å². The van der Waals surface area contributed by atoms with Gasteiger partial charge in [0.15, 0.2) is 0 Å². The number of nitrogens with zero attached hydrogens (tertiary/aromatic N) is 15. The van der Waals surface area contributed by atoms with E-state index in [1.165, 1.54) is 30.4 Å². The molecule has 0 unspecified atom stereocenters. The first kappa shape index (κ1) is 95.9. The van der Waals surface area contributed by atoms with E-state index in [-0.39, 0.29) is 70.7 Å². The fourth-order valence-corrected chi connectivity index (χ4v) is 29.4. The lowest BCUT2D eigenvalue weighted by atomic mass is 9.79. The van der Waals surface area contributed by atoms with E-state index in [2.05, 4.69) is 0 Å². The van der Waals surface area contributed by atoms with Crippen LogP contribution < -0.4 is 27.1 Å². The van der Waals surface area contributed by atoms with Crippen LogP contribution >= 0.6 is 23.0 Å². The van der Waals surface area contributed by atoms with Gasteiger partial charge in [0.25, 0.3) is 0 Å². The number of piperidine rings is 6. The topological polar surface area (TPSA) is 305 Å². The van der Waals surface area contributed by atoms with Crippen LogP contribution in [0.5, 0.6) is 34.5 Å². The van der Waals surface area contributed by atoms with Crippen molar-refractivity contribution in [3.63, 3.8) is 0 Å². The molecule has 0 aromatic heterocycles. The van der Waals surface area contributed by atoms with Gasteiger partial charge in [-0.3, -0.25) is 30.0 Å². The van der Waals surface area contributed by atoms with Crippen LogP contribution in [0.25, 0.3) is 0 Å². The number of rotatable bonds is 24. The summed E-state index contributed by atoms with van der Waals surface area (Å²) in [6.45, 7) is 47.0. The number of hydrogen-bond donors (Lipinski definition) is 0. The van der Waals surface area contributed by atoms with E-state index in [1.54, 1.807) is 72.8 Å². The molecule has 0 N–H and O–H groups in total. The molecule has 6 aromatic carbocycles. The van der Waals surface area contributed by atoms with Crippen LogP contribution in [0.2, 0.25) is 0 Å². The largest absolute Gasteiger partial charge is 0.460 e. The van der Waals surface area contributed by atoms with Gasteiger partial charge in [-0.25, -0.2) is 0 Å². The van der Waals surface area contributed by atoms with Crippen LogP contribution in [0.1, 0.15) is 277 Å². The van der Waals surface area contributed by atoms with Gasteiger partial charge >= 0.3 is 23.0 Å². The van der Waals surface area contributed by atoms with Gasteiger partial charge in [-0.15, -0.1) is 61.6 Å². The van der Waals surface area contributed by atoms with E-state index >= 15 is 0 Å². The summed E-state index contributed by atoms with van der Waals surface area (Å²) in [6.07, 6.45) is 17.7. The Balaban J connectivity index is 1.00. The van der Waals surface area contributed by atoms with Gasteiger partial charge < -0.3 is 27.1 Å². The first-order chi connectivity index (χ1) is 58.5. The molecule has 7 aliphatic rings. The number of aliphatic imine (C=N–C) groups is 6. The molecule has 0 saturated carbocycles. The highest BCUT2D eigenvalue weighted by atomic mass is 31.3. The molecule has 13 rings (SSSR count). The third-order valence-electron chi connectivity index (χ3n) is 25.3. The normalized spacial score (nSPS) is 27.4. The van der Waals surface area contributed by atoms with Crippen molar-refractivity contribution < 1.29 is 58.4 Å².